The first-order chi connectivity index (χ1) is 16.0. The van der Waals surface area contributed by atoms with Gasteiger partial charge in [0, 0.05) is 44.2 Å². The number of amides is 2. The SMILES string of the molecule is CC(=O)CC(NC(=O)CNC(=O)c1ccc(N=C2N(C)CCN2C)s1)c1cc(Cl)cc(Cl)c1O. The molecule has 9 nitrogen and oxygen atoms in total. The summed E-state index contributed by atoms with van der Waals surface area (Å²) in [4.78, 5) is 45.8. The van der Waals surface area contributed by atoms with E-state index in [2.05, 4.69) is 15.6 Å². The van der Waals surface area contributed by atoms with Crippen molar-refractivity contribution < 1.29 is 19.5 Å². The van der Waals surface area contributed by atoms with Crippen LogP contribution in [0.4, 0.5) is 5.00 Å². The average Bonchev–Trinajstić information content (AvgIpc) is 3.36. The Bertz CT molecular complexity index is 1120. The zero-order valence-corrected chi connectivity index (χ0v) is 21.2. The van der Waals surface area contributed by atoms with Gasteiger partial charge in [-0.2, -0.15) is 0 Å². The average molecular weight is 526 g/mol. The van der Waals surface area contributed by atoms with Crippen LogP contribution in [0.2, 0.25) is 10.0 Å². The standard InChI is InChI=1S/C22H25Cl2N5O4S/c1-12(30)8-16(14-9-13(23)10-15(24)20(14)32)26-18(31)11-25-21(33)17-4-5-19(34-17)27-22-28(2)6-7-29(22)3/h4-5,9-10,16,32H,6-8,11H2,1-3H3,(H,25,33)(H,26,31). The van der Waals surface area contributed by atoms with Crippen molar-refractivity contribution in [3.8, 4) is 5.75 Å². The van der Waals surface area contributed by atoms with Crippen molar-refractivity contribution in [3.63, 3.8) is 0 Å². The van der Waals surface area contributed by atoms with Crippen LogP contribution in [0.3, 0.4) is 0 Å². The number of guanidine groups is 1. The highest BCUT2D eigenvalue weighted by Gasteiger charge is 2.23. The number of aromatic hydroxyl groups is 1. The molecule has 1 fully saturated rings. The third kappa shape index (κ3) is 6.40. The van der Waals surface area contributed by atoms with Gasteiger partial charge in [-0.15, -0.1) is 11.3 Å². The highest BCUT2D eigenvalue weighted by molar-refractivity contribution is 7.17. The number of likely N-dealkylation sites (N-methyl/N-ethyl adjacent to an activating group) is 2. The van der Waals surface area contributed by atoms with Crippen LogP contribution in [0.25, 0.3) is 0 Å². The topological polar surface area (TPSA) is 114 Å². The maximum absolute atomic E-state index is 12.5. The van der Waals surface area contributed by atoms with E-state index >= 15 is 0 Å². The normalized spacial score (nSPS) is 14.2. The summed E-state index contributed by atoms with van der Waals surface area (Å²) in [5, 5.41) is 16.4. The van der Waals surface area contributed by atoms with Crippen LogP contribution in [-0.4, -0.2) is 72.2 Å². The fraction of sp³-hybridized carbons (Fsp3) is 0.364. The van der Waals surface area contributed by atoms with Gasteiger partial charge in [-0.3, -0.25) is 14.4 Å². The van der Waals surface area contributed by atoms with E-state index in [1.807, 2.05) is 23.9 Å². The largest absolute Gasteiger partial charge is 0.506 e. The Kier molecular flexibility index (Phi) is 8.40. The maximum Gasteiger partial charge on any atom is 0.261 e. The number of hydrogen-bond acceptors (Lipinski definition) is 6. The molecule has 0 saturated carbocycles. The number of benzene rings is 1. The second kappa shape index (κ2) is 11.1. The Hall–Kier alpha value is -2.82. The van der Waals surface area contributed by atoms with Gasteiger partial charge in [0.15, 0.2) is 0 Å². The molecule has 1 aromatic carbocycles. The lowest BCUT2D eigenvalue weighted by atomic mass is 10.0. The van der Waals surface area contributed by atoms with Gasteiger partial charge < -0.3 is 25.5 Å². The molecule has 1 aliphatic heterocycles. The first-order valence-corrected chi connectivity index (χ1v) is 12.0. The lowest BCUT2D eigenvalue weighted by Gasteiger charge is -2.20. The summed E-state index contributed by atoms with van der Waals surface area (Å²) in [7, 11) is 3.91. The quantitative estimate of drug-likeness (QED) is 0.487. The Balaban J connectivity index is 1.63. The number of aliphatic imine (C=N–C) groups is 1. The summed E-state index contributed by atoms with van der Waals surface area (Å²) in [6.07, 6.45) is -0.0819. The van der Waals surface area contributed by atoms with E-state index in [1.54, 1.807) is 12.1 Å². The zero-order chi connectivity index (χ0) is 25.0. The minimum absolute atomic E-state index is 0.00525. The van der Waals surface area contributed by atoms with Gasteiger partial charge in [-0.05, 0) is 31.2 Å². The summed E-state index contributed by atoms with van der Waals surface area (Å²) >= 11 is 13.2. The van der Waals surface area contributed by atoms with E-state index in [0.717, 1.165) is 19.0 Å². The molecule has 3 N–H and O–H groups in total. The minimum atomic E-state index is -0.859. The molecule has 0 aliphatic carbocycles. The molecule has 1 saturated heterocycles. The molecular weight excluding hydrogens is 501 g/mol. The van der Waals surface area contributed by atoms with E-state index in [1.165, 1.54) is 30.4 Å². The van der Waals surface area contributed by atoms with Crippen LogP contribution < -0.4 is 10.6 Å². The van der Waals surface area contributed by atoms with Crippen molar-refractivity contribution in [2.45, 2.75) is 19.4 Å². The van der Waals surface area contributed by atoms with Crippen molar-refractivity contribution in [2.24, 2.45) is 4.99 Å². The third-order valence-electron chi connectivity index (χ3n) is 5.15. The number of phenols is 1. The smallest absolute Gasteiger partial charge is 0.261 e. The van der Waals surface area contributed by atoms with E-state index in [-0.39, 0.29) is 40.1 Å². The second-order valence-electron chi connectivity index (χ2n) is 7.93. The summed E-state index contributed by atoms with van der Waals surface area (Å²) in [5.41, 5.74) is 0.219. The second-order valence-corrected chi connectivity index (χ2v) is 9.83. The fourth-order valence-electron chi connectivity index (χ4n) is 3.44. The molecule has 12 heteroatoms. The fourth-order valence-corrected chi connectivity index (χ4v) is 4.74. The molecule has 0 bridgehead atoms. The van der Waals surface area contributed by atoms with Gasteiger partial charge in [0.05, 0.1) is 22.5 Å². The number of thiophene rings is 1. The van der Waals surface area contributed by atoms with Crippen LogP contribution in [0.5, 0.6) is 5.75 Å². The zero-order valence-electron chi connectivity index (χ0n) is 18.9. The molecule has 3 rings (SSSR count). The van der Waals surface area contributed by atoms with Crippen molar-refractivity contribution in [3.05, 3.63) is 44.8 Å². The Morgan fingerprint density at radius 2 is 1.85 bits per heavy atom. The van der Waals surface area contributed by atoms with Crippen LogP contribution in [0.15, 0.2) is 29.3 Å². The molecule has 1 atom stereocenters. The van der Waals surface area contributed by atoms with Crippen LogP contribution in [0, 0.1) is 0 Å². The molecule has 1 unspecified atom stereocenters. The molecule has 182 valence electrons. The van der Waals surface area contributed by atoms with Crippen LogP contribution in [0.1, 0.15) is 34.6 Å². The first-order valence-electron chi connectivity index (χ1n) is 10.4. The van der Waals surface area contributed by atoms with E-state index in [0.29, 0.717) is 9.88 Å². The number of nitrogens with zero attached hydrogens (tertiary/aromatic N) is 3. The van der Waals surface area contributed by atoms with Crippen LogP contribution in [-0.2, 0) is 9.59 Å². The van der Waals surface area contributed by atoms with Crippen molar-refractivity contribution in [2.75, 3.05) is 33.7 Å². The van der Waals surface area contributed by atoms with Gasteiger partial charge >= 0.3 is 0 Å². The molecule has 2 amide bonds. The highest BCUT2D eigenvalue weighted by Crippen LogP contribution is 2.36. The number of nitrogens with one attached hydrogen (secondary N) is 2. The summed E-state index contributed by atoms with van der Waals surface area (Å²) < 4.78 is 0. The number of carbonyl (C=O) groups excluding carboxylic acids is 3. The van der Waals surface area contributed by atoms with E-state index < -0.39 is 17.9 Å². The number of Topliss-reactive ketones (excluding diaryl/α,β-unsaturated/α-hetero) is 1. The van der Waals surface area contributed by atoms with E-state index in [9.17, 15) is 19.5 Å². The first kappa shape index (κ1) is 25.8. The molecule has 0 spiro atoms. The van der Waals surface area contributed by atoms with Crippen molar-refractivity contribution in [1.82, 2.24) is 20.4 Å². The Labute approximate surface area is 211 Å². The number of hydrogen-bond donors (Lipinski definition) is 3. The monoisotopic (exact) mass is 525 g/mol. The molecule has 2 aromatic rings. The Morgan fingerprint density at radius 3 is 2.50 bits per heavy atom. The maximum atomic E-state index is 12.5. The molecular formula is C22H25Cl2N5O4S. The number of halogens is 2. The summed E-state index contributed by atoms with van der Waals surface area (Å²) in [5.74, 6) is -0.615. The minimum Gasteiger partial charge on any atom is -0.506 e. The highest BCUT2D eigenvalue weighted by atomic mass is 35.5. The predicted octanol–water partition coefficient (Wildman–Crippen LogP) is 3.19. The predicted molar refractivity (Wildman–Crippen MR) is 133 cm³/mol. The lowest BCUT2D eigenvalue weighted by Crippen LogP contribution is -2.39. The molecule has 0 radical (unpaired) electrons. The summed E-state index contributed by atoms with van der Waals surface area (Å²) in [6.45, 7) is 2.80. The molecule has 2 heterocycles. The summed E-state index contributed by atoms with van der Waals surface area (Å²) in [6, 6.07) is 5.33. The van der Waals surface area contributed by atoms with Gasteiger partial charge in [0.25, 0.3) is 5.91 Å². The molecule has 1 aromatic heterocycles. The molecule has 34 heavy (non-hydrogen) atoms. The van der Waals surface area contributed by atoms with Crippen LogP contribution >= 0.6 is 34.5 Å². The number of carbonyl (C=O) groups is 3. The number of rotatable bonds is 8. The van der Waals surface area contributed by atoms with Gasteiger partial charge in [-0.25, -0.2) is 4.99 Å². The third-order valence-corrected chi connectivity index (χ3v) is 6.63. The van der Waals surface area contributed by atoms with Gasteiger partial charge in [0.1, 0.15) is 16.5 Å². The number of ketones is 1. The van der Waals surface area contributed by atoms with Crippen molar-refractivity contribution in [1.29, 1.82) is 0 Å². The molecule has 1 aliphatic rings. The lowest BCUT2D eigenvalue weighted by molar-refractivity contribution is -0.121. The van der Waals surface area contributed by atoms with Gasteiger partial charge in [0.2, 0.25) is 11.9 Å². The Morgan fingerprint density at radius 1 is 1.18 bits per heavy atom. The van der Waals surface area contributed by atoms with E-state index in [4.69, 9.17) is 23.2 Å². The van der Waals surface area contributed by atoms with Gasteiger partial charge in [-0.1, -0.05) is 23.2 Å². The van der Waals surface area contributed by atoms with Crippen molar-refractivity contribution >= 4 is 63.1 Å². The number of phenolic OH excluding ortho intramolecular Hbond substituents is 1.